The minimum absolute atomic E-state index is 0.403. The summed E-state index contributed by atoms with van der Waals surface area (Å²) in [5, 5.41) is 1.56. The van der Waals surface area contributed by atoms with Crippen molar-refractivity contribution in [2.75, 3.05) is 6.26 Å². The summed E-state index contributed by atoms with van der Waals surface area (Å²) in [6.07, 6.45) is 1.26. The molecule has 0 aliphatic heterocycles. The third-order valence-corrected chi connectivity index (χ3v) is 4.38. The Balaban J connectivity index is 2.61. The van der Waals surface area contributed by atoms with Gasteiger partial charge in [0.1, 0.15) is 0 Å². The number of hydrogen-bond acceptors (Lipinski definition) is 0. The van der Waals surface area contributed by atoms with Gasteiger partial charge >= 0.3 is 5.51 Å². The van der Waals surface area contributed by atoms with Crippen LogP contribution in [0.4, 0.5) is 13.2 Å². The molecule has 0 fully saturated rings. The highest BCUT2D eigenvalue weighted by Crippen LogP contribution is 2.50. The molecule has 0 amide bonds. The van der Waals surface area contributed by atoms with Gasteiger partial charge < -0.3 is 0 Å². The molecular weight excluding hydrogens is 233 g/mol. The average Bonchev–Trinajstić information content (AvgIpc) is 2.26. The third-order valence-electron chi connectivity index (χ3n) is 2.51. The molecule has 0 spiro atoms. The van der Waals surface area contributed by atoms with Crippen molar-refractivity contribution in [3.8, 4) is 0 Å². The van der Waals surface area contributed by atoms with Gasteiger partial charge in [-0.3, -0.25) is 0 Å². The molecule has 2 aromatic carbocycles. The van der Waals surface area contributed by atoms with Gasteiger partial charge in [-0.25, -0.2) is 0 Å². The van der Waals surface area contributed by atoms with Crippen LogP contribution in [0, 0.1) is 0 Å². The van der Waals surface area contributed by atoms with Crippen molar-refractivity contribution < 1.29 is 13.2 Å². The topological polar surface area (TPSA) is 0 Å². The molecule has 4 heteroatoms. The third kappa shape index (κ3) is 2.02. The van der Waals surface area contributed by atoms with Crippen LogP contribution >= 0.6 is 10.9 Å². The van der Waals surface area contributed by atoms with Crippen molar-refractivity contribution in [3.63, 3.8) is 0 Å². The lowest BCUT2D eigenvalue weighted by atomic mass is 10.1. The van der Waals surface area contributed by atoms with Crippen LogP contribution in [-0.2, 0) is 0 Å². The summed E-state index contributed by atoms with van der Waals surface area (Å²) in [7, 11) is -2.12. The Hall–Kier alpha value is -1.16. The summed E-state index contributed by atoms with van der Waals surface area (Å²) in [5.41, 5.74) is -4.13. The minimum atomic E-state index is -4.13. The van der Waals surface area contributed by atoms with Gasteiger partial charge in [-0.1, -0.05) is 36.4 Å². The Morgan fingerprint density at radius 1 is 0.938 bits per heavy atom. The van der Waals surface area contributed by atoms with Crippen LogP contribution in [0.25, 0.3) is 10.8 Å². The Labute approximate surface area is 94.4 Å². The molecule has 1 unspecified atom stereocenters. The van der Waals surface area contributed by atoms with E-state index in [1.165, 1.54) is 6.26 Å². The molecule has 0 saturated heterocycles. The van der Waals surface area contributed by atoms with E-state index in [0.29, 0.717) is 10.3 Å². The molecule has 0 N–H and O–H groups in total. The van der Waals surface area contributed by atoms with Crippen molar-refractivity contribution >= 4 is 21.7 Å². The van der Waals surface area contributed by atoms with Gasteiger partial charge in [0.2, 0.25) is 0 Å². The average molecular weight is 244 g/mol. The second-order valence-corrected chi connectivity index (χ2v) is 5.63. The van der Waals surface area contributed by atoms with Crippen molar-refractivity contribution in [3.05, 3.63) is 42.5 Å². The fourth-order valence-electron chi connectivity index (χ4n) is 1.64. The first-order chi connectivity index (χ1) is 7.50. The summed E-state index contributed by atoms with van der Waals surface area (Å²) < 4.78 is 38.1. The maximum Gasteiger partial charge on any atom is 0.427 e. The molecule has 2 aromatic rings. The molecule has 1 atom stereocenters. The predicted molar refractivity (Wildman–Crippen MR) is 63.2 cm³/mol. The van der Waals surface area contributed by atoms with Crippen LogP contribution in [-0.4, -0.2) is 11.8 Å². The van der Waals surface area contributed by atoms with Gasteiger partial charge in [-0.05, 0) is 23.1 Å². The number of thiol groups is 1. The van der Waals surface area contributed by atoms with E-state index in [9.17, 15) is 13.2 Å². The van der Waals surface area contributed by atoms with Crippen molar-refractivity contribution in [1.82, 2.24) is 0 Å². The first-order valence-corrected chi connectivity index (χ1v) is 6.57. The van der Waals surface area contributed by atoms with Gasteiger partial charge in [0.15, 0.2) is 0 Å². The summed E-state index contributed by atoms with van der Waals surface area (Å²) in [5.74, 6) is 0. The Morgan fingerprint density at radius 3 is 2.25 bits per heavy atom. The van der Waals surface area contributed by atoms with E-state index in [1.54, 1.807) is 24.3 Å². The van der Waals surface area contributed by atoms with Crippen molar-refractivity contribution in [1.29, 1.82) is 0 Å². The van der Waals surface area contributed by atoms with Gasteiger partial charge in [-0.15, -0.1) is 10.9 Å². The van der Waals surface area contributed by atoms with E-state index >= 15 is 0 Å². The van der Waals surface area contributed by atoms with Crippen molar-refractivity contribution in [2.45, 2.75) is 10.4 Å². The summed E-state index contributed by atoms with van der Waals surface area (Å²) in [6.45, 7) is 0. The zero-order chi connectivity index (χ0) is 11.8. The lowest BCUT2D eigenvalue weighted by Crippen LogP contribution is -2.07. The van der Waals surface area contributed by atoms with E-state index < -0.39 is 16.4 Å². The maximum atomic E-state index is 12.7. The molecule has 0 aromatic heterocycles. The van der Waals surface area contributed by atoms with Crippen LogP contribution in [0.3, 0.4) is 0 Å². The largest absolute Gasteiger partial charge is 0.427 e. The second kappa shape index (κ2) is 4.01. The lowest BCUT2D eigenvalue weighted by molar-refractivity contribution is -0.0350. The smallest absolute Gasteiger partial charge is 0.162 e. The van der Waals surface area contributed by atoms with E-state index in [4.69, 9.17) is 0 Å². The molecule has 0 saturated carbocycles. The van der Waals surface area contributed by atoms with E-state index in [2.05, 4.69) is 0 Å². The highest BCUT2D eigenvalue weighted by atomic mass is 32.2. The molecule has 0 heterocycles. The fourth-order valence-corrected chi connectivity index (χ4v) is 2.79. The molecule has 16 heavy (non-hydrogen) atoms. The predicted octanol–water partition coefficient (Wildman–Crippen LogP) is 4.35. The maximum absolute atomic E-state index is 12.7. The summed E-state index contributed by atoms with van der Waals surface area (Å²) >= 11 is 0. The summed E-state index contributed by atoms with van der Waals surface area (Å²) in [4.78, 5) is 0.403. The monoisotopic (exact) mass is 244 g/mol. The van der Waals surface area contributed by atoms with Crippen LogP contribution in [0.1, 0.15) is 0 Å². The first kappa shape index (κ1) is 11.3. The highest BCUT2D eigenvalue weighted by molar-refractivity contribution is 8.17. The highest BCUT2D eigenvalue weighted by Gasteiger charge is 2.34. The van der Waals surface area contributed by atoms with Gasteiger partial charge in [0, 0.05) is 4.90 Å². The molecule has 0 aliphatic carbocycles. The minimum Gasteiger partial charge on any atom is -0.162 e. The molecule has 2 rings (SSSR count). The van der Waals surface area contributed by atoms with Crippen LogP contribution in [0.15, 0.2) is 47.4 Å². The normalized spacial score (nSPS) is 15.1. The van der Waals surface area contributed by atoms with Crippen LogP contribution < -0.4 is 0 Å². The number of rotatable bonds is 1. The quantitative estimate of drug-likeness (QED) is 0.708. The van der Waals surface area contributed by atoms with Crippen molar-refractivity contribution in [2.24, 2.45) is 0 Å². The number of alkyl halides is 3. The van der Waals surface area contributed by atoms with Gasteiger partial charge in [-0.2, -0.15) is 13.2 Å². The summed E-state index contributed by atoms with van der Waals surface area (Å²) in [6, 6.07) is 12.3. The van der Waals surface area contributed by atoms with Crippen LogP contribution in [0.2, 0.25) is 0 Å². The standard InChI is InChI=1S/C12H11F3S/c1-16(12(13,14)15)11-8-4-6-9-5-2-3-7-10(9)11/h2-8,16H,1H3. The number of halogens is 3. The molecule has 0 aliphatic rings. The molecule has 0 nitrogen and oxygen atoms in total. The number of benzene rings is 2. The van der Waals surface area contributed by atoms with E-state index in [-0.39, 0.29) is 0 Å². The second-order valence-electron chi connectivity index (χ2n) is 3.53. The van der Waals surface area contributed by atoms with E-state index in [1.807, 2.05) is 18.2 Å². The number of hydrogen-bond donors (Lipinski definition) is 1. The van der Waals surface area contributed by atoms with Gasteiger partial charge in [0.05, 0.1) is 0 Å². The fraction of sp³-hybridized carbons (Fsp3) is 0.167. The SMILES string of the molecule is C[SH](c1cccc2ccccc12)C(F)(F)F. The number of fused-ring (bicyclic) bond motifs is 1. The lowest BCUT2D eigenvalue weighted by Gasteiger charge is -2.21. The Kier molecular flexibility index (Phi) is 2.84. The molecule has 0 radical (unpaired) electrons. The molecular formula is C12H11F3S. The Bertz CT molecular complexity index is 500. The van der Waals surface area contributed by atoms with Crippen LogP contribution in [0.5, 0.6) is 0 Å². The first-order valence-electron chi connectivity index (χ1n) is 4.78. The van der Waals surface area contributed by atoms with Gasteiger partial charge in [0.25, 0.3) is 0 Å². The zero-order valence-electron chi connectivity index (χ0n) is 8.62. The molecule has 86 valence electrons. The Morgan fingerprint density at radius 2 is 1.56 bits per heavy atom. The molecule has 0 bridgehead atoms. The zero-order valence-corrected chi connectivity index (χ0v) is 9.52. The van der Waals surface area contributed by atoms with E-state index in [0.717, 1.165) is 5.39 Å².